The Balaban J connectivity index is 1.37. The third kappa shape index (κ3) is 3.57. The SMILES string of the molecule is O=C(NCc1nc2ccccc2[nH]1)c1ccc(CN2C(=O)CCC2=O)cc1. The van der Waals surface area contributed by atoms with Crippen molar-refractivity contribution in [2.45, 2.75) is 25.9 Å². The number of carbonyl (C=O) groups excluding carboxylic acids is 3. The van der Waals surface area contributed by atoms with Gasteiger partial charge in [0.1, 0.15) is 5.82 Å². The number of aromatic amines is 1. The maximum atomic E-state index is 12.3. The summed E-state index contributed by atoms with van der Waals surface area (Å²) in [6, 6.07) is 14.6. The van der Waals surface area contributed by atoms with E-state index in [1.807, 2.05) is 24.3 Å². The van der Waals surface area contributed by atoms with Crippen LogP contribution < -0.4 is 5.32 Å². The molecule has 0 atom stereocenters. The Kier molecular flexibility index (Phi) is 4.42. The fourth-order valence-corrected chi connectivity index (χ4v) is 3.10. The van der Waals surface area contributed by atoms with E-state index in [0.29, 0.717) is 17.9 Å². The van der Waals surface area contributed by atoms with Crippen LogP contribution in [-0.2, 0) is 22.7 Å². The summed E-state index contributed by atoms with van der Waals surface area (Å²) >= 11 is 0. The number of amides is 3. The largest absolute Gasteiger partial charge is 0.345 e. The van der Waals surface area contributed by atoms with Crippen molar-refractivity contribution >= 4 is 28.8 Å². The number of imidazole rings is 1. The van der Waals surface area contributed by atoms with E-state index >= 15 is 0 Å². The third-order valence-electron chi connectivity index (χ3n) is 4.57. The number of H-pyrrole nitrogens is 1. The van der Waals surface area contributed by atoms with Crippen LogP contribution in [0.4, 0.5) is 0 Å². The molecule has 3 aromatic rings. The van der Waals surface area contributed by atoms with Gasteiger partial charge in [0.2, 0.25) is 11.8 Å². The van der Waals surface area contributed by atoms with Gasteiger partial charge in [0.05, 0.1) is 24.1 Å². The predicted molar refractivity (Wildman–Crippen MR) is 98.5 cm³/mol. The lowest BCUT2D eigenvalue weighted by Gasteiger charge is -2.13. The summed E-state index contributed by atoms with van der Waals surface area (Å²) in [6.45, 7) is 0.546. The van der Waals surface area contributed by atoms with Gasteiger partial charge >= 0.3 is 0 Å². The summed E-state index contributed by atoms with van der Waals surface area (Å²) in [7, 11) is 0. The molecule has 0 aliphatic carbocycles. The van der Waals surface area contributed by atoms with Crippen molar-refractivity contribution in [1.29, 1.82) is 0 Å². The molecule has 4 rings (SSSR count). The van der Waals surface area contributed by atoms with Crippen LogP contribution in [0.5, 0.6) is 0 Å². The number of likely N-dealkylation sites (tertiary alicyclic amines) is 1. The number of rotatable bonds is 5. The Morgan fingerprint density at radius 3 is 2.44 bits per heavy atom. The second-order valence-corrected chi connectivity index (χ2v) is 6.45. The number of para-hydroxylation sites is 2. The molecule has 136 valence electrons. The summed E-state index contributed by atoms with van der Waals surface area (Å²) in [4.78, 5) is 44.5. The molecule has 1 saturated heterocycles. The van der Waals surface area contributed by atoms with E-state index in [2.05, 4.69) is 15.3 Å². The van der Waals surface area contributed by atoms with Gasteiger partial charge in [-0.1, -0.05) is 24.3 Å². The van der Waals surface area contributed by atoms with Crippen LogP contribution in [0.25, 0.3) is 11.0 Å². The molecule has 0 saturated carbocycles. The Hall–Kier alpha value is -3.48. The summed E-state index contributed by atoms with van der Waals surface area (Å²) in [5, 5.41) is 2.83. The van der Waals surface area contributed by atoms with Gasteiger partial charge in [0.15, 0.2) is 0 Å². The average Bonchev–Trinajstić information content (AvgIpc) is 3.24. The topological polar surface area (TPSA) is 95.2 Å². The van der Waals surface area contributed by atoms with Gasteiger partial charge < -0.3 is 10.3 Å². The number of hydrogen-bond donors (Lipinski definition) is 2. The minimum atomic E-state index is -0.213. The molecule has 2 N–H and O–H groups in total. The monoisotopic (exact) mass is 362 g/mol. The molecule has 1 fully saturated rings. The highest BCUT2D eigenvalue weighted by molar-refractivity contribution is 6.01. The zero-order valence-electron chi connectivity index (χ0n) is 14.6. The zero-order valence-corrected chi connectivity index (χ0v) is 14.6. The predicted octanol–water partition coefficient (Wildman–Crippen LogP) is 2.14. The van der Waals surface area contributed by atoms with Crippen LogP contribution in [0.15, 0.2) is 48.5 Å². The van der Waals surface area contributed by atoms with Crippen LogP contribution >= 0.6 is 0 Å². The van der Waals surface area contributed by atoms with E-state index in [1.165, 1.54) is 4.90 Å². The molecule has 1 aliphatic rings. The molecular weight excluding hydrogens is 344 g/mol. The van der Waals surface area contributed by atoms with Crippen molar-refractivity contribution in [2.75, 3.05) is 0 Å². The van der Waals surface area contributed by atoms with Crippen LogP contribution in [0.3, 0.4) is 0 Å². The summed E-state index contributed by atoms with van der Waals surface area (Å²) in [6.07, 6.45) is 0.558. The Morgan fingerprint density at radius 1 is 1.04 bits per heavy atom. The Bertz CT molecular complexity index is 974. The van der Waals surface area contributed by atoms with Gasteiger partial charge in [0, 0.05) is 18.4 Å². The fraction of sp³-hybridized carbons (Fsp3) is 0.200. The molecule has 27 heavy (non-hydrogen) atoms. The number of carbonyl (C=O) groups is 3. The molecular formula is C20H18N4O3. The van der Waals surface area contributed by atoms with Gasteiger partial charge in [-0.15, -0.1) is 0 Å². The molecule has 7 heteroatoms. The lowest BCUT2D eigenvalue weighted by atomic mass is 10.1. The van der Waals surface area contributed by atoms with Gasteiger partial charge in [-0.25, -0.2) is 4.98 Å². The molecule has 1 aromatic heterocycles. The van der Waals surface area contributed by atoms with Crippen LogP contribution in [-0.4, -0.2) is 32.6 Å². The maximum absolute atomic E-state index is 12.3. The van der Waals surface area contributed by atoms with Crippen molar-refractivity contribution in [3.63, 3.8) is 0 Å². The molecule has 2 heterocycles. The number of imide groups is 1. The summed E-state index contributed by atoms with van der Waals surface area (Å²) in [5.41, 5.74) is 3.11. The minimum absolute atomic E-state index is 0.146. The first kappa shape index (κ1) is 17.0. The van der Waals surface area contributed by atoms with E-state index in [9.17, 15) is 14.4 Å². The average molecular weight is 362 g/mol. The zero-order chi connectivity index (χ0) is 18.8. The number of nitrogens with zero attached hydrogens (tertiary/aromatic N) is 2. The fourth-order valence-electron chi connectivity index (χ4n) is 3.10. The summed E-state index contributed by atoms with van der Waals surface area (Å²) < 4.78 is 0. The number of hydrogen-bond acceptors (Lipinski definition) is 4. The van der Waals surface area contributed by atoms with Gasteiger partial charge in [-0.05, 0) is 29.8 Å². The molecule has 7 nitrogen and oxygen atoms in total. The number of aromatic nitrogens is 2. The Morgan fingerprint density at radius 2 is 1.74 bits per heavy atom. The van der Waals surface area contributed by atoms with Gasteiger partial charge in [-0.2, -0.15) is 0 Å². The maximum Gasteiger partial charge on any atom is 0.251 e. The molecule has 0 bridgehead atoms. The highest BCUT2D eigenvalue weighted by Gasteiger charge is 2.28. The highest BCUT2D eigenvalue weighted by Crippen LogP contribution is 2.16. The molecule has 1 aliphatic heterocycles. The van der Waals surface area contributed by atoms with Crippen molar-refractivity contribution in [1.82, 2.24) is 20.2 Å². The molecule has 0 unspecified atom stereocenters. The lowest BCUT2D eigenvalue weighted by molar-refractivity contribution is -0.139. The van der Waals surface area contributed by atoms with Crippen LogP contribution in [0, 0.1) is 0 Å². The second kappa shape index (κ2) is 7.03. The molecule has 0 spiro atoms. The first-order chi connectivity index (χ1) is 13.1. The van der Waals surface area contributed by atoms with E-state index < -0.39 is 0 Å². The summed E-state index contributed by atoms with van der Waals surface area (Å²) in [5.74, 6) is 0.183. The highest BCUT2D eigenvalue weighted by atomic mass is 16.2. The molecule has 2 aromatic carbocycles. The van der Waals surface area contributed by atoms with Crippen molar-refractivity contribution in [3.8, 4) is 0 Å². The quantitative estimate of drug-likeness (QED) is 0.680. The van der Waals surface area contributed by atoms with Gasteiger partial charge in [0.25, 0.3) is 5.91 Å². The molecule has 3 amide bonds. The first-order valence-electron chi connectivity index (χ1n) is 8.74. The van der Waals surface area contributed by atoms with E-state index in [4.69, 9.17) is 0 Å². The number of fused-ring (bicyclic) bond motifs is 1. The first-order valence-corrected chi connectivity index (χ1v) is 8.74. The van der Waals surface area contributed by atoms with Crippen LogP contribution in [0.1, 0.15) is 34.6 Å². The third-order valence-corrected chi connectivity index (χ3v) is 4.57. The number of benzene rings is 2. The lowest BCUT2D eigenvalue weighted by Crippen LogP contribution is -2.28. The normalized spacial score (nSPS) is 14.1. The van der Waals surface area contributed by atoms with Crippen molar-refractivity contribution in [2.24, 2.45) is 0 Å². The van der Waals surface area contributed by atoms with E-state index in [0.717, 1.165) is 16.6 Å². The standard InChI is InChI=1S/C20H18N4O3/c25-18-9-10-19(26)24(18)12-13-5-7-14(8-6-13)20(27)21-11-17-22-15-3-1-2-4-16(15)23-17/h1-8H,9-12H2,(H,21,27)(H,22,23). The van der Waals surface area contributed by atoms with Crippen LogP contribution in [0.2, 0.25) is 0 Å². The van der Waals surface area contributed by atoms with E-state index in [1.54, 1.807) is 24.3 Å². The Labute approximate surface area is 155 Å². The van der Waals surface area contributed by atoms with Gasteiger partial charge in [-0.3, -0.25) is 19.3 Å². The van der Waals surface area contributed by atoms with Crippen molar-refractivity contribution in [3.05, 3.63) is 65.5 Å². The van der Waals surface area contributed by atoms with Crippen molar-refractivity contribution < 1.29 is 14.4 Å². The number of nitrogens with one attached hydrogen (secondary N) is 2. The minimum Gasteiger partial charge on any atom is -0.345 e. The second-order valence-electron chi connectivity index (χ2n) is 6.45. The molecule has 0 radical (unpaired) electrons. The smallest absolute Gasteiger partial charge is 0.251 e. The van der Waals surface area contributed by atoms with E-state index in [-0.39, 0.29) is 37.1 Å².